The first-order valence-electron chi connectivity index (χ1n) is 29.2. The van der Waals surface area contributed by atoms with Crippen molar-refractivity contribution in [2.24, 2.45) is 0 Å². The second-order valence-electron chi connectivity index (χ2n) is 19.7. The van der Waals surface area contributed by atoms with Crippen LogP contribution in [0.15, 0.2) is 72.9 Å². The normalized spacial score (nSPS) is 13.3. The zero-order valence-electron chi connectivity index (χ0n) is 44.2. The third-order valence-electron chi connectivity index (χ3n) is 13.2. The van der Waals surface area contributed by atoms with Crippen LogP contribution in [0.2, 0.25) is 0 Å². The predicted octanol–water partition coefficient (Wildman–Crippen LogP) is 19.4. The van der Waals surface area contributed by atoms with Gasteiger partial charge < -0.3 is 15.5 Å². The number of hydrogen-bond acceptors (Lipinski definition) is 3. The quantitative estimate of drug-likeness (QED) is 0.0421. The van der Waals surface area contributed by atoms with Crippen LogP contribution in [-0.2, 0) is 4.79 Å². The van der Waals surface area contributed by atoms with Crippen molar-refractivity contribution < 1.29 is 15.0 Å². The van der Waals surface area contributed by atoms with E-state index in [0.717, 1.165) is 57.8 Å². The molecule has 0 heterocycles. The molecule has 0 aliphatic rings. The fourth-order valence-corrected chi connectivity index (χ4v) is 8.80. The maximum atomic E-state index is 12.4. The second-order valence-corrected chi connectivity index (χ2v) is 19.7. The van der Waals surface area contributed by atoms with Gasteiger partial charge in [0.05, 0.1) is 18.8 Å². The molecular weight excluding hydrogens is 807 g/mol. The van der Waals surface area contributed by atoms with Crippen LogP contribution in [0.3, 0.4) is 0 Å². The van der Waals surface area contributed by atoms with Crippen LogP contribution in [0, 0.1) is 0 Å². The van der Waals surface area contributed by atoms with Gasteiger partial charge in [0, 0.05) is 6.42 Å². The fraction of sp³-hybridized carbons (Fsp3) is 0.790. The molecule has 0 bridgehead atoms. The Hall–Kier alpha value is -2.17. The Balaban J connectivity index is 3.40. The number of carbonyl (C=O) groups excluding carboxylic acids is 1. The van der Waals surface area contributed by atoms with E-state index in [9.17, 15) is 15.0 Å². The summed E-state index contributed by atoms with van der Waals surface area (Å²) in [5.74, 6) is -0.0610. The Morgan fingerprint density at radius 1 is 0.379 bits per heavy atom. The molecule has 1 amide bonds. The van der Waals surface area contributed by atoms with Crippen molar-refractivity contribution >= 4 is 5.91 Å². The van der Waals surface area contributed by atoms with E-state index in [2.05, 4.69) is 79.9 Å². The zero-order valence-corrected chi connectivity index (χ0v) is 44.2. The van der Waals surface area contributed by atoms with Gasteiger partial charge in [-0.25, -0.2) is 0 Å². The molecule has 0 aromatic rings. The smallest absolute Gasteiger partial charge is 0.220 e. The molecule has 4 nitrogen and oxygen atoms in total. The molecular formula is C62H113NO3. The van der Waals surface area contributed by atoms with Crippen molar-refractivity contribution in [3.63, 3.8) is 0 Å². The molecule has 0 rings (SSSR count). The molecule has 0 aliphatic carbocycles. The lowest BCUT2D eigenvalue weighted by Gasteiger charge is -2.20. The predicted molar refractivity (Wildman–Crippen MR) is 294 cm³/mol. The molecule has 3 N–H and O–H groups in total. The van der Waals surface area contributed by atoms with Crippen molar-refractivity contribution in [3.8, 4) is 0 Å². The minimum absolute atomic E-state index is 0.0610. The minimum Gasteiger partial charge on any atom is -0.394 e. The van der Waals surface area contributed by atoms with Crippen molar-refractivity contribution in [2.75, 3.05) is 6.61 Å². The first-order chi connectivity index (χ1) is 32.7. The number of carbonyl (C=O) groups is 1. The third-order valence-corrected chi connectivity index (χ3v) is 13.2. The SMILES string of the molecule is CC/C=C\C/C=C\C/C=C\C/C=C\C/C=C\CCCCCCCCCCCCCCCCCCCCCCCCCCCC(=O)NC(CO)C(O)/C=C/CCCCCCCCCCCCC. The summed E-state index contributed by atoms with van der Waals surface area (Å²) in [7, 11) is 0. The Kier molecular flexibility index (Phi) is 55.3. The number of rotatable bonds is 53. The second kappa shape index (κ2) is 57.1. The average Bonchev–Trinajstić information content (AvgIpc) is 3.32. The first-order valence-corrected chi connectivity index (χ1v) is 29.2. The maximum Gasteiger partial charge on any atom is 0.220 e. The Morgan fingerprint density at radius 2 is 0.667 bits per heavy atom. The van der Waals surface area contributed by atoms with Gasteiger partial charge in [-0.1, -0.05) is 299 Å². The van der Waals surface area contributed by atoms with Crippen LogP contribution in [-0.4, -0.2) is 34.9 Å². The first kappa shape index (κ1) is 63.8. The molecule has 0 fully saturated rings. The lowest BCUT2D eigenvalue weighted by molar-refractivity contribution is -0.123. The molecule has 4 heteroatoms. The lowest BCUT2D eigenvalue weighted by atomic mass is 10.0. The van der Waals surface area contributed by atoms with E-state index >= 15 is 0 Å². The molecule has 0 aromatic carbocycles. The van der Waals surface area contributed by atoms with Crippen LogP contribution < -0.4 is 5.32 Å². The van der Waals surface area contributed by atoms with Gasteiger partial charge in [-0.15, -0.1) is 0 Å². The van der Waals surface area contributed by atoms with Crippen molar-refractivity contribution in [1.29, 1.82) is 0 Å². The van der Waals surface area contributed by atoms with E-state index < -0.39 is 12.1 Å². The molecule has 66 heavy (non-hydrogen) atoms. The highest BCUT2D eigenvalue weighted by Crippen LogP contribution is 2.17. The summed E-state index contributed by atoms with van der Waals surface area (Å²) in [5.41, 5.74) is 0. The number of aliphatic hydroxyl groups is 2. The van der Waals surface area contributed by atoms with Crippen LogP contribution in [0.4, 0.5) is 0 Å². The molecule has 384 valence electrons. The van der Waals surface area contributed by atoms with Crippen LogP contribution in [0.5, 0.6) is 0 Å². The number of amides is 1. The largest absolute Gasteiger partial charge is 0.394 e. The number of aliphatic hydroxyl groups excluding tert-OH is 2. The van der Waals surface area contributed by atoms with E-state index in [1.54, 1.807) is 6.08 Å². The zero-order chi connectivity index (χ0) is 47.7. The summed E-state index contributed by atoms with van der Waals surface area (Å²) in [6, 6.07) is -0.621. The van der Waals surface area contributed by atoms with Gasteiger partial charge >= 0.3 is 0 Å². The fourth-order valence-electron chi connectivity index (χ4n) is 8.80. The molecule has 2 unspecified atom stereocenters. The van der Waals surface area contributed by atoms with Gasteiger partial charge in [0.15, 0.2) is 0 Å². The van der Waals surface area contributed by atoms with Crippen molar-refractivity contribution in [3.05, 3.63) is 72.9 Å². The molecule has 0 aromatic heterocycles. The van der Waals surface area contributed by atoms with Crippen molar-refractivity contribution in [2.45, 2.75) is 309 Å². The number of hydrogen-bond donors (Lipinski definition) is 3. The number of nitrogens with one attached hydrogen (secondary N) is 1. The molecule has 0 saturated carbocycles. The summed E-state index contributed by atoms with van der Waals surface area (Å²) in [6.07, 6.45) is 82.3. The standard InChI is InChI=1S/C62H113NO3/c1-3-5-7-9-11-13-15-17-18-19-20-21-22-23-24-25-26-27-28-29-30-31-32-33-34-35-36-37-38-39-40-41-42-43-44-46-48-50-52-54-56-58-62(66)63-60(59-64)61(65)57-55-53-51-49-47-45-16-14-12-10-8-6-4-2/h5,7,11,13,17-18,20-21,23-24,55,57,60-61,64-65H,3-4,6,8-10,12,14-16,19,22,25-54,56,58-59H2,1-2H3,(H,63,66)/b7-5-,13-11-,18-17-,21-20-,24-23-,57-55+. The van der Waals surface area contributed by atoms with Gasteiger partial charge in [0.1, 0.15) is 0 Å². The molecule has 2 atom stereocenters. The Bertz CT molecular complexity index is 1130. The minimum atomic E-state index is -0.838. The Labute approximate surface area is 412 Å². The molecule has 0 aliphatic heterocycles. The van der Waals surface area contributed by atoms with E-state index in [1.807, 2.05) is 6.08 Å². The van der Waals surface area contributed by atoms with Gasteiger partial charge in [-0.05, 0) is 64.2 Å². The highest BCUT2D eigenvalue weighted by Gasteiger charge is 2.18. The third kappa shape index (κ3) is 52.8. The number of unbranched alkanes of at least 4 members (excludes halogenated alkanes) is 36. The van der Waals surface area contributed by atoms with Gasteiger partial charge in [0.2, 0.25) is 5.91 Å². The van der Waals surface area contributed by atoms with Crippen molar-refractivity contribution in [1.82, 2.24) is 5.32 Å². The van der Waals surface area contributed by atoms with E-state index in [1.165, 1.54) is 218 Å². The van der Waals surface area contributed by atoms with Gasteiger partial charge in [0.25, 0.3) is 0 Å². The van der Waals surface area contributed by atoms with Crippen LogP contribution >= 0.6 is 0 Å². The van der Waals surface area contributed by atoms with Crippen LogP contribution in [0.25, 0.3) is 0 Å². The Morgan fingerprint density at radius 3 is 1.00 bits per heavy atom. The van der Waals surface area contributed by atoms with Gasteiger partial charge in [-0.2, -0.15) is 0 Å². The number of allylic oxidation sites excluding steroid dienone is 11. The monoisotopic (exact) mass is 920 g/mol. The summed E-state index contributed by atoms with van der Waals surface area (Å²) in [6.45, 7) is 4.20. The summed E-state index contributed by atoms with van der Waals surface area (Å²) < 4.78 is 0. The average molecular weight is 921 g/mol. The highest BCUT2D eigenvalue weighted by molar-refractivity contribution is 5.76. The molecule has 0 saturated heterocycles. The van der Waals surface area contributed by atoms with E-state index in [-0.39, 0.29) is 12.5 Å². The van der Waals surface area contributed by atoms with E-state index in [4.69, 9.17) is 0 Å². The lowest BCUT2D eigenvalue weighted by Crippen LogP contribution is -2.45. The summed E-state index contributed by atoms with van der Waals surface area (Å²) in [4.78, 5) is 12.4. The maximum absolute atomic E-state index is 12.4. The van der Waals surface area contributed by atoms with Crippen LogP contribution in [0.1, 0.15) is 296 Å². The summed E-state index contributed by atoms with van der Waals surface area (Å²) >= 11 is 0. The summed E-state index contributed by atoms with van der Waals surface area (Å²) in [5, 5.41) is 23.1. The highest BCUT2D eigenvalue weighted by atomic mass is 16.3. The van der Waals surface area contributed by atoms with E-state index in [0.29, 0.717) is 6.42 Å². The molecule has 0 radical (unpaired) electrons. The topological polar surface area (TPSA) is 69.6 Å². The van der Waals surface area contributed by atoms with Gasteiger partial charge in [-0.3, -0.25) is 4.79 Å². The molecule has 0 spiro atoms.